The average molecular weight is 506 g/mol. The number of rotatable bonds is 7. The maximum Gasteiger partial charge on any atom is 0.411 e. The third kappa shape index (κ3) is 6.96. The molecule has 0 saturated carbocycles. The lowest BCUT2D eigenvalue weighted by molar-refractivity contribution is -0.235. The minimum Gasteiger partial charge on any atom is -0.462 e. The molecule has 2 fully saturated rings. The molecule has 2 saturated heterocycles. The summed E-state index contributed by atoms with van der Waals surface area (Å²) >= 11 is 0. The number of amides is 1. The van der Waals surface area contributed by atoms with Crippen LogP contribution in [0.4, 0.5) is 4.79 Å². The predicted molar refractivity (Wildman–Crippen MR) is 128 cm³/mol. The largest absolute Gasteiger partial charge is 0.462 e. The summed E-state index contributed by atoms with van der Waals surface area (Å²) in [5.74, 6) is 3.88. The summed E-state index contributed by atoms with van der Waals surface area (Å²) < 4.78 is 39.9. The monoisotopic (exact) mass is 505 g/mol. The van der Waals surface area contributed by atoms with Crippen molar-refractivity contribution in [2.75, 3.05) is 20.3 Å². The number of nitrogens with one attached hydrogen (secondary N) is 1. The highest BCUT2D eigenvalue weighted by Gasteiger charge is 2.56. The van der Waals surface area contributed by atoms with Gasteiger partial charge in [-0.2, -0.15) is 0 Å². The van der Waals surface area contributed by atoms with Gasteiger partial charge in [0.05, 0.1) is 13.2 Å². The molecule has 0 spiro atoms. The lowest BCUT2D eigenvalue weighted by atomic mass is 10.1. The van der Waals surface area contributed by atoms with Crippen molar-refractivity contribution in [3.05, 3.63) is 35.9 Å². The minimum atomic E-state index is -2.19. The van der Waals surface area contributed by atoms with Gasteiger partial charge in [-0.05, 0) is 59.6 Å². The zero-order valence-corrected chi connectivity index (χ0v) is 21.8. The van der Waals surface area contributed by atoms with Crippen molar-refractivity contribution < 1.29 is 42.7 Å². The molecule has 0 radical (unpaired) electrons. The molecule has 5 atom stereocenters. The van der Waals surface area contributed by atoms with Crippen LogP contribution in [0, 0.1) is 11.8 Å². The van der Waals surface area contributed by atoms with Crippen LogP contribution in [0.3, 0.4) is 0 Å². The lowest BCUT2D eigenvalue weighted by Crippen LogP contribution is -2.58. The highest BCUT2D eigenvalue weighted by molar-refractivity contribution is 5.88. The van der Waals surface area contributed by atoms with Crippen LogP contribution >= 0.6 is 0 Å². The summed E-state index contributed by atoms with van der Waals surface area (Å²) in [5, 5.41) is 2.48. The number of methoxy groups -OCH3 is 1. The van der Waals surface area contributed by atoms with Gasteiger partial charge in [-0.15, -0.1) is 0 Å². The van der Waals surface area contributed by atoms with E-state index in [4.69, 9.17) is 33.2 Å². The van der Waals surface area contributed by atoms with Crippen LogP contribution in [0.5, 0.6) is 0 Å². The van der Waals surface area contributed by atoms with Crippen molar-refractivity contribution in [3.63, 3.8) is 0 Å². The first-order valence-electron chi connectivity index (χ1n) is 11.8. The Kier molecular flexibility index (Phi) is 8.64. The topological polar surface area (TPSA) is 111 Å². The number of carbonyl (C=O) groups is 2. The van der Waals surface area contributed by atoms with Crippen LogP contribution in [-0.4, -0.2) is 74.1 Å². The van der Waals surface area contributed by atoms with E-state index < -0.39 is 53.8 Å². The van der Waals surface area contributed by atoms with Crippen LogP contribution in [0.15, 0.2) is 30.3 Å². The molecule has 10 nitrogen and oxygen atoms in total. The molecule has 36 heavy (non-hydrogen) atoms. The van der Waals surface area contributed by atoms with Crippen LogP contribution in [0.25, 0.3) is 0 Å². The van der Waals surface area contributed by atoms with Crippen molar-refractivity contribution in [3.8, 4) is 11.8 Å². The van der Waals surface area contributed by atoms with Gasteiger partial charge in [0.15, 0.2) is 12.1 Å². The Morgan fingerprint density at radius 2 is 1.78 bits per heavy atom. The van der Waals surface area contributed by atoms with Gasteiger partial charge in [-0.1, -0.05) is 24.1 Å². The van der Waals surface area contributed by atoms with Crippen LogP contribution < -0.4 is 5.32 Å². The molecule has 0 aliphatic carbocycles. The third-order valence-electron chi connectivity index (χ3n) is 5.20. The maximum absolute atomic E-state index is 13.2. The lowest BCUT2D eigenvalue weighted by Gasteiger charge is -2.30. The molecule has 1 N–H and O–H groups in total. The highest BCUT2D eigenvalue weighted by atomic mass is 16.8. The van der Waals surface area contributed by atoms with Crippen molar-refractivity contribution in [2.24, 2.45) is 0 Å². The van der Waals surface area contributed by atoms with E-state index in [1.165, 1.54) is 7.11 Å². The maximum atomic E-state index is 13.2. The van der Waals surface area contributed by atoms with Gasteiger partial charge in [0, 0.05) is 12.7 Å². The summed E-state index contributed by atoms with van der Waals surface area (Å²) in [6.45, 7) is 10.2. The van der Waals surface area contributed by atoms with E-state index in [9.17, 15) is 9.59 Å². The molecule has 1 aromatic rings. The molecule has 198 valence electrons. The number of hydrogen-bond acceptors (Lipinski definition) is 9. The quantitative estimate of drug-likeness (QED) is 0.340. The van der Waals surface area contributed by atoms with Crippen molar-refractivity contribution in [1.29, 1.82) is 0 Å². The number of hydrogen-bond donors (Lipinski definition) is 1. The minimum absolute atomic E-state index is 0.0362. The van der Waals surface area contributed by atoms with Crippen LogP contribution in [0.1, 0.15) is 47.1 Å². The van der Waals surface area contributed by atoms with Gasteiger partial charge in [0.25, 0.3) is 0 Å². The first kappa shape index (κ1) is 27.9. The smallest absolute Gasteiger partial charge is 0.411 e. The number of carbonyl (C=O) groups excluding carboxylic acids is 2. The Bertz CT molecular complexity index is 979. The molecular weight excluding hydrogens is 470 g/mol. The third-order valence-corrected chi connectivity index (χ3v) is 5.20. The number of ether oxygens (including phenoxy) is 7. The van der Waals surface area contributed by atoms with E-state index in [1.807, 2.05) is 6.07 Å². The average Bonchev–Trinajstić information content (AvgIpc) is 3.27. The van der Waals surface area contributed by atoms with E-state index in [0.717, 1.165) is 0 Å². The van der Waals surface area contributed by atoms with Gasteiger partial charge >= 0.3 is 17.8 Å². The van der Waals surface area contributed by atoms with E-state index in [1.54, 1.807) is 65.8 Å². The Morgan fingerprint density at radius 3 is 2.39 bits per heavy atom. The fraction of sp³-hybridized carbons (Fsp3) is 0.615. The molecule has 2 heterocycles. The standard InChI is InChI=1S/C26H35NO9/c1-8-31-22(28)26(27-23(29)36-24(2,3)4,15-14-17-12-10-9-11-13-17)32-16-18-19-20(21(30-7)33-18)35-25(5,6)34-19/h9-13,18-21H,8,16H2,1-7H3,(H,27,29)/t18-,19?,20?,21-,26?/m1/s1. The van der Waals surface area contributed by atoms with Gasteiger partial charge in [-0.25, -0.2) is 9.59 Å². The number of fused-ring (bicyclic) bond motifs is 1. The number of benzene rings is 1. The van der Waals surface area contributed by atoms with E-state index in [0.29, 0.717) is 5.56 Å². The van der Waals surface area contributed by atoms with Crippen molar-refractivity contribution in [2.45, 2.75) is 83.3 Å². The molecule has 3 rings (SSSR count). The number of esters is 1. The molecular formula is C26H35NO9. The molecule has 2 aliphatic rings. The van der Waals surface area contributed by atoms with E-state index >= 15 is 0 Å². The molecule has 0 bridgehead atoms. The van der Waals surface area contributed by atoms with Gasteiger partial charge in [-0.3, -0.25) is 5.32 Å². The first-order valence-corrected chi connectivity index (χ1v) is 11.8. The second-order valence-electron chi connectivity index (χ2n) is 9.80. The SMILES string of the molecule is CCOC(=O)C(C#Cc1ccccc1)(NC(=O)OC(C)(C)C)OC[C@H]1O[C@@H](OC)C2OC(C)(C)OC21. The van der Waals surface area contributed by atoms with Crippen LogP contribution in [0.2, 0.25) is 0 Å². The van der Waals surface area contributed by atoms with Gasteiger partial charge in [0.2, 0.25) is 0 Å². The summed E-state index contributed by atoms with van der Waals surface area (Å²) in [7, 11) is 1.50. The Balaban J connectivity index is 1.92. The molecule has 1 amide bonds. The summed E-state index contributed by atoms with van der Waals surface area (Å²) in [5.41, 5.74) is -2.41. The van der Waals surface area contributed by atoms with E-state index in [-0.39, 0.29) is 13.2 Å². The fourth-order valence-corrected chi connectivity index (χ4v) is 3.80. The summed E-state index contributed by atoms with van der Waals surface area (Å²) in [4.78, 5) is 26.0. The Hall–Kier alpha value is -2.68. The van der Waals surface area contributed by atoms with Crippen molar-refractivity contribution in [1.82, 2.24) is 5.32 Å². The van der Waals surface area contributed by atoms with E-state index in [2.05, 4.69) is 17.2 Å². The normalized spacial score (nSPS) is 26.2. The zero-order valence-electron chi connectivity index (χ0n) is 21.8. The molecule has 3 unspecified atom stereocenters. The summed E-state index contributed by atoms with van der Waals surface area (Å²) in [6, 6.07) is 8.96. The Labute approximate surface area is 211 Å². The van der Waals surface area contributed by atoms with Crippen molar-refractivity contribution >= 4 is 12.1 Å². The highest BCUT2D eigenvalue weighted by Crippen LogP contribution is 2.39. The molecule has 10 heteroatoms. The number of alkyl carbamates (subject to hydrolysis) is 1. The molecule has 1 aromatic carbocycles. The second-order valence-corrected chi connectivity index (χ2v) is 9.80. The molecule has 2 aliphatic heterocycles. The van der Waals surface area contributed by atoms with Gasteiger partial charge in [0.1, 0.15) is 23.9 Å². The first-order chi connectivity index (χ1) is 16.9. The summed E-state index contributed by atoms with van der Waals surface area (Å²) in [6.07, 6.45) is -3.32. The second kappa shape index (κ2) is 11.2. The Morgan fingerprint density at radius 1 is 1.11 bits per heavy atom. The predicted octanol–water partition coefficient (Wildman–Crippen LogP) is 2.73. The fourth-order valence-electron chi connectivity index (χ4n) is 3.80. The van der Waals surface area contributed by atoms with Gasteiger partial charge < -0.3 is 33.2 Å². The zero-order chi connectivity index (χ0) is 26.6. The van der Waals surface area contributed by atoms with Crippen LogP contribution in [-0.2, 0) is 38.0 Å². The molecule has 0 aromatic heterocycles.